The minimum atomic E-state index is 0.226. The molecule has 6 heteroatoms. The standard InChI is InChI=1S/C19H16ClN3OS/c1-2-11-23-18(15-5-7-16(20)8-6-15)13-25-19(23)22-21-12-14-3-9-17(24)10-4-14/h2-10,12-13,24H,1,11H2/b21-12+,22-19-. The van der Waals surface area contributed by atoms with Crippen molar-refractivity contribution >= 4 is 29.2 Å². The van der Waals surface area contributed by atoms with Crippen LogP contribution in [0.5, 0.6) is 5.75 Å². The Kier molecular flexibility index (Phi) is 5.48. The van der Waals surface area contributed by atoms with Gasteiger partial charge in [0.05, 0.1) is 11.9 Å². The Hall–Kier alpha value is -2.63. The van der Waals surface area contributed by atoms with E-state index in [1.165, 1.54) is 11.3 Å². The van der Waals surface area contributed by atoms with E-state index in [-0.39, 0.29) is 5.75 Å². The molecule has 0 aliphatic rings. The zero-order valence-electron chi connectivity index (χ0n) is 13.3. The Morgan fingerprint density at radius 3 is 2.52 bits per heavy atom. The molecule has 0 saturated carbocycles. The number of nitrogens with zero attached hydrogens (tertiary/aromatic N) is 3. The molecular weight excluding hydrogens is 354 g/mol. The average molecular weight is 370 g/mol. The first-order valence-corrected chi connectivity index (χ1v) is 8.84. The lowest BCUT2D eigenvalue weighted by atomic mass is 10.2. The minimum Gasteiger partial charge on any atom is -0.508 e. The molecule has 3 rings (SSSR count). The van der Waals surface area contributed by atoms with Gasteiger partial charge in [-0.25, -0.2) is 0 Å². The van der Waals surface area contributed by atoms with E-state index in [9.17, 15) is 5.11 Å². The smallest absolute Gasteiger partial charge is 0.211 e. The fraction of sp³-hybridized carbons (Fsp3) is 0.0526. The van der Waals surface area contributed by atoms with Crippen LogP contribution < -0.4 is 4.80 Å². The van der Waals surface area contributed by atoms with Crippen LogP contribution in [0.25, 0.3) is 11.3 Å². The Bertz CT molecular complexity index is 954. The molecule has 126 valence electrons. The molecule has 1 N–H and O–H groups in total. The van der Waals surface area contributed by atoms with Gasteiger partial charge in [0.25, 0.3) is 0 Å². The van der Waals surface area contributed by atoms with Crippen LogP contribution in [0.15, 0.2) is 76.8 Å². The molecule has 0 bridgehead atoms. The normalized spacial score (nSPS) is 12.0. The number of aromatic nitrogens is 1. The van der Waals surface area contributed by atoms with Crippen molar-refractivity contribution in [3.05, 3.63) is 82.0 Å². The van der Waals surface area contributed by atoms with Crippen molar-refractivity contribution in [2.75, 3.05) is 0 Å². The second-order valence-corrected chi connectivity index (χ2v) is 6.52. The van der Waals surface area contributed by atoms with Crippen molar-refractivity contribution in [2.24, 2.45) is 10.2 Å². The fourth-order valence-corrected chi connectivity index (χ4v) is 3.27. The molecule has 0 unspecified atom stereocenters. The number of phenols is 1. The lowest BCUT2D eigenvalue weighted by Crippen LogP contribution is -2.14. The van der Waals surface area contributed by atoms with Gasteiger partial charge in [-0.15, -0.1) is 23.0 Å². The van der Waals surface area contributed by atoms with E-state index in [2.05, 4.69) is 21.3 Å². The van der Waals surface area contributed by atoms with E-state index in [1.54, 1.807) is 30.5 Å². The topological polar surface area (TPSA) is 49.9 Å². The van der Waals surface area contributed by atoms with Crippen LogP contribution in [0.3, 0.4) is 0 Å². The molecule has 0 fully saturated rings. The van der Waals surface area contributed by atoms with Crippen molar-refractivity contribution in [3.63, 3.8) is 0 Å². The summed E-state index contributed by atoms with van der Waals surface area (Å²) in [6, 6.07) is 14.5. The number of aromatic hydroxyl groups is 1. The second-order valence-electron chi connectivity index (χ2n) is 5.25. The number of rotatable bonds is 5. The van der Waals surface area contributed by atoms with Crippen LogP contribution in [0, 0.1) is 0 Å². The van der Waals surface area contributed by atoms with Gasteiger partial charge in [-0.05, 0) is 47.5 Å². The summed E-state index contributed by atoms with van der Waals surface area (Å²) < 4.78 is 2.05. The second kappa shape index (κ2) is 7.96. The predicted molar refractivity (Wildman–Crippen MR) is 104 cm³/mol. The molecule has 2 aromatic carbocycles. The van der Waals surface area contributed by atoms with Crippen molar-refractivity contribution < 1.29 is 5.11 Å². The number of phenolic OH excluding ortho intramolecular Hbond substituents is 1. The summed E-state index contributed by atoms with van der Waals surface area (Å²) in [5, 5.41) is 20.5. The first-order valence-electron chi connectivity index (χ1n) is 7.58. The molecular formula is C19H16ClN3OS. The first kappa shape index (κ1) is 17.2. The minimum absolute atomic E-state index is 0.226. The molecule has 0 spiro atoms. The molecule has 1 aromatic heterocycles. The van der Waals surface area contributed by atoms with E-state index in [0.717, 1.165) is 21.6 Å². The summed E-state index contributed by atoms with van der Waals surface area (Å²) in [6.07, 6.45) is 3.48. The lowest BCUT2D eigenvalue weighted by molar-refractivity contribution is 0.475. The predicted octanol–water partition coefficient (Wildman–Crippen LogP) is 4.70. The third-order valence-corrected chi connectivity index (χ3v) is 4.60. The first-order chi connectivity index (χ1) is 12.2. The number of allylic oxidation sites excluding steroid dienone is 1. The van der Waals surface area contributed by atoms with Gasteiger partial charge < -0.3 is 9.67 Å². The fourth-order valence-electron chi connectivity index (χ4n) is 2.27. The zero-order valence-corrected chi connectivity index (χ0v) is 14.9. The number of benzene rings is 2. The van der Waals surface area contributed by atoms with Crippen LogP contribution in [-0.2, 0) is 6.54 Å². The van der Waals surface area contributed by atoms with Gasteiger partial charge in [0.15, 0.2) is 0 Å². The summed E-state index contributed by atoms with van der Waals surface area (Å²) in [4.78, 5) is 0.778. The van der Waals surface area contributed by atoms with Gasteiger partial charge >= 0.3 is 0 Å². The zero-order chi connectivity index (χ0) is 17.6. The molecule has 0 aliphatic carbocycles. The lowest BCUT2D eigenvalue weighted by Gasteiger charge is -2.06. The van der Waals surface area contributed by atoms with Gasteiger partial charge in [-0.1, -0.05) is 29.8 Å². The highest BCUT2D eigenvalue weighted by molar-refractivity contribution is 7.07. The molecule has 0 radical (unpaired) electrons. The highest BCUT2D eigenvalue weighted by Gasteiger charge is 2.06. The maximum Gasteiger partial charge on any atom is 0.211 e. The molecule has 0 atom stereocenters. The largest absolute Gasteiger partial charge is 0.508 e. The van der Waals surface area contributed by atoms with Crippen LogP contribution in [-0.4, -0.2) is 15.9 Å². The van der Waals surface area contributed by atoms with E-state index >= 15 is 0 Å². The molecule has 0 amide bonds. The van der Waals surface area contributed by atoms with Gasteiger partial charge in [0.2, 0.25) is 4.80 Å². The Morgan fingerprint density at radius 2 is 1.84 bits per heavy atom. The molecule has 3 aromatic rings. The molecule has 0 saturated heterocycles. The van der Waals surface area contributed by atoms with E-state index in [1.807, 2.05) is 35.7 Å². The summed E-state index contributed by atoms with van der Waals surface area (Å²) in [7, 11) is 0. The maximum absolute atomic E-state index is 9.30. The van der Waals surface area contributed by atoms with Crippen LogP contribution in [0.2, 0.25) is 5.02 Å². The highest BCUT2D eigenvalue weighted by atomic mass is 35.5. The molecule has 25 heavy (non-hydrogen) atoms. The van der Waals surface area contributed by atoms with Gasteiger partial charge in [0.1, 0.15) is 5.75 Å². The van der Waals surface area contributed by atoms with Crippen LogP contribution >= 0.6 is 22.9 Å². The van der Waals surface area contributed by atoms with Crippen molar-refractivity contribution in [1.82, 2.24) is 4.57 Å². The summed E-state index contributed by atoms with van der Waals surface area (Å²) >= 11 is 7.48. The Labute approximate surface area is 154 Å². The van der Waals surface area contributed by atoms with Gasteiger partial charge in [-0.3, -0.25) is 0 Å². The summed E-state index contributed by atoms with van der Waals surface area (Å²) in [5.41, 5.74) is 2.97. The maximum atomic E-state index is 9.30. The Balaban J connectivity index is 1.94. The van der Waals surface area contributed by atoms with Crippen molar-refractivity contribution in [2.45, 2.75) is 6.54 Å². The average Bonchev–Trinajstić information content (AvgIpc) is 3.01. The monoisotopic (exact) mass is 369 g/mol. The molecule has 4 nitrogen and oxygen atoms in total. The summed E-state index contributed by atoms with van der Waals surface area (Å²) in [6.45, 7) is 4.45. The summed E-state index contributed by atoms with van der Waals surface area (Å²) in [5.74, 6) is 0.226. The van der Waals surface area contributed by atoms with Crippen LogP contribution in [0.4, 0.5) is 0 Å². The van der Waals surface area contributed by atoms with E-state index in [4.69, 9.17) is 11.6 Å². The van der Waals surface area contributed by atoms with E-state index in [0.29, 0.717) is 11.6 Å². The molecule has 0 aliphatic heterocycles. The van der Waals surface area contributed by atoms with Gasteiger partial charge in [-0.2, -0.15) is 5.10 Å². The molecule has 1 heterocycles. The van der Waals surface area contributed by atoms with Gasteiger partial charge in [0, 0.05) is 16.9 Å². The number of halogens is 1. The third-order valence-electron chi connectivity index (χ3n) is 3.49. The van der Waals surface area contributed by atoms with Crippen molar-refractivity contribution in [3.8, 4) is 17.0 Å². The number of thiazole rings is 1. The quantitative estimate of drug-likeness (QED) is 0.395. The Morgan fingerprint density at radius 1 is 1.12 bits per heavy atom. The third kappa shape index (κ3) is 4.26. The SMILES string of the molecule is C=CCn1c(-c2ccc(Cl)cc2)cs/c1=N\N=C\c1ccc(O)cc1. The van der Waals surface area contributed by atoms with E-state index < -0.39 is 0 Å². The van der Waals surface area contributed by atoms with Crippen LogP contribution in [0.1, 0.15) is 5.56 Å². The number of hydrogen-bond acceptors (Lipinski definition) is 4. The highest BCUT2D eigenvalue weighted by Crippen LogP contribution is 2.22. The number of hydrogen-bond donors (Lipinski definition) is 1. The van der Waals surface area contributed by atoms with Crippen molar-refractivity contribution in [1.29, 1.82) is 0 Å².